The van der Waals surface area contributed by atoms with Crippen molar-refractivity contribution in [2.24, 2.45) is 0 Å². The van der Waals surface area contributed by atoms with E-state index in [0.717, 1.165) is 54.9 Å². The molecule has 6 nitrogen and oxygen atoms in total. The highest BCUT2D eigenvalue weighted by molar-refractivity contribution is 5.87. The third-order valence-corrected chi connectivity index (χ3v) is 5.78. The van der Waals surface area contributed by atoms with Crippen LogP contribution in [0.2, 0.25) is 0 Å². The van der Waals surface area contributed by atoms with Crippen molar-refractivity contribution in [3.05, 3.63) is 42.0 Å². The van der Waals surface area contributed by atoms with Crippen molar-refractivity contribution in [3.8, 4) is 11.5 Å². The van der Waals surface area contributed by atoms with Crippen LogP contribution < -0.4 is 14.4 Å². The first-order chi connectivity index (χ1) is 13.6. The van der Waals surface area contributed by atoms with Gasteiger partial charge in [0.1, 0.15) is 11.6 Å². The second kappa shape index (κ2) is 7.70. The molecule has 2 aromatic heterocycles. The molecule has 0 atom stereocenters. The van der Waals surface area contributed by atoms with Crippen LogP contribution in [-0.2, 0) is 6.54 Å². The molecule has 1 fully saturated rings. The van der Waals surface area contributed by atoms with Gasteiger partial charge in [-0.2, -0.15) is 0 Å². The van der Waals surface area contributed by atoms with Gasteiger partial charge in [-0.15, -0.1) is 0 Å². The first-order valence-corrected chi connectivity index (χ1v) is 9.94. The van der Waals surface area contributed by atoms with Crippen molar-refractivity contribution in [1.82, 2.24) is 14.5 Å². The van der Waals surface area contributed by atoms with E-state index >= 15 is 0 Å². The third kappa shape index (κ3) is 3.28. The molecule has 0 aliphatic carbocycles. The summed E-state index contributed by atoms with van der Waals surface area (Å²) in [4.78, 5) is 11.9. The van der Waals surface area contributed by atoms with Gasteiger partial charge in [0, 0.05) is 49.4 Å². The lowest BCUT2D eigenvalue weighted by Gasteiger charge is -2.33. The zero-order valence-corrected chi connectivity index (χ0v) is 17.1. The van der Waals surface area contributed by atoms with E-state index in [1.54, 1.807) is 14.2 Å². The van der Waals surface area contributed by atoms with Crippen molar-refractivity contribution in [2.75, 3.05) is 32.2 Å². The van der Waals surface area contributed by atoms with E-state index in [-0.39, 0.29) is 0 Å². The number of ether oxygens (including phenoxy) is 2. The summed E-state index contributed by atoms with van der Waals surface area (Å²) in [5.74, 6) is 4.23. The largest absolute Gasteiger partial charge is 0.493 e. The molecule has 3 aromatic rings. The van der Waals surface area contributed by atoms with E-state index in [4.69, 9.17) is 14.5 Å². The van der Waals surface area contributed by atoms with Crippen molar-refractivity contribution < 1.29 is 9.47 Å². The average molecular weight is 380 g/mol. The fourth-order valence-electron chi connectivity index (χ4n) is 4.18. The van der Waals surface area contributed by atoms with Gasteiger partial charge in [-0.1, -0.05) is 0 Å². The number of anilines is 1. The van der Waals surface area contributed by atoms with Crippen LogP contribution in [-0.4, -0.2) is 41.8 Å². The molecule has 1 saturated heterocycles. The zero-order chi connectivity index (χ0) is 19.7. The molecule has 148 valence electrons. The standard InChI is InChI=1S/C22H28N4O2/c1-5-25-11-8-23-22(25)16-6-9-26(10-7-16)21-12-15(2)17-13-19(27-3)20(28-4)14-18(17)24-21/h8,11-14,16H,5-7,9-10H2,1-4H3. The van der Waals surface area contributed by atoms with Gasteiger partial charge in [0.05, 0.1) is 19.7 Å². The molecule has 1 aliphatic rings. The number of hydrogen-bond acceptors (Lipinski definition) is 5. The maximum absolute atomic E-state index is 5.46. The lowest BCUT2D eigenvalue weighted by Crippen LogP contribution is -2.34. The van der Waals surface area contributed by atoms with Gasteiger partial charge in [0.15, 0.2) is 11.5 Å². The summed E-state index contributed by atoms with van der Waals surface area (Å²) in [6.07, 6.45) is 6.20. The number of piperidine rings is 1. The maximum Gasteiger partial charge on any atom is 0.162 e. The summed E-state index contributed by atoms with van der Waals surface area (Å²) in [7, 11) is 3.32. The Hall–Kier alpha value is -2.76. The van der Waals surface area contributed by atoms with Crippen LogP contribution in [0, 0.1) is 6.92 Å². The smallest absolute Gasteiger partial charge is 0.162 e. The molecule has 0 amide bonds. The molecule has 1 aliphatic heterocycles. The molecule has 0 saturated carbocycles. The number of imidazole rings is 1. The van der Waals surface area contributed by atoms with Crippen molar-refractivity contribution in [2.45, 2.75) is 39.2 Å². The minimum atomic E-state index is 0.525. The number of methoxy groups -OCH3 is 2. The van der Waals surface area contributed by atoms with Crippen LogP contribution >= 0.6 is 0 Å². The van der Waals surface area contributed by atoms with Crippen molar-refractivity contribution >= 4 is 16.7 Å². The molecule has 0 N–H and O–H groups in total. The molecule has 3 heterocycles. The highest BCUT2D eigenvalue weighted by Crippen LogP contribution is 2.35. The summed E-state index contributed by atoms with van der Waals surface area (Å²) in [5.41, 5.74) is 2.14. The second-order valence-corrected chi connectivity index (χ2v) is 7.35. The number of pyridine rings is 1. The van der Waals surface area contributed by atoms with Gasteiger partial charge in [-0.3, -0.25) is 0 Å². The molecule has 0 spiro atoms. The first kappa shape index (κ1) is 18.6. The predicted molar refractivity (Wildman–Crippen MR) is 112 cm³/mol. The number of rotatable bonds is 5. The SMILES string of the molecule is CCn1ccnc1C1CCN(c2cc(C)c3cc(OC)c(OC)cc3n2)CC1. The summed E-state index contributed by atoms with van der Waals surface area (Å²) < 4.78 is 13.2. The summed E-state index contributed by atoms with van der Waals surface area (Å²) in [6.45, 7) is 7.26. The van der Waals surface area contributed by atoms with E-state index in [9.17, 15) is 0 Å². The lowest BCUT2D eigenvalue weighted by molar-refractivity contribution is 0.356. The normalized spacial score (nSPS) is 15.2. The number of hydrogen-bond donors (Lipinski definition) is 0. The zero-order valence-electron chi connectivity index (χ0n) is 17.1. The minimum absolute atomic E-state index is 0.525. The van der Waals surface area contributed by atoms with Crippen LogP contribution in [0.15, 0.2) is 30.6 Å². The number of fused-ring (bicyclic) bond motifs is 1. The van der Waals surface area contributed by atoms with Crippen LogP contribution in [0.1, 0.15) is 37.1 Å². The number of nitrogens with zero attached hydrogens (tertiary/aromatic N) is 4. The number of benzene rings is 1. The number of aryl methyl sites for hydroxylation is 2. The summed E-state index contributed by atoms with van der Waals surface area (Å²) >= 11 is 0. The van der Waals surface area contributed by atoms with Crippen LogP contribution in [0.25, 0.3) is 10.9 Å². The molecule has 6 heteroatoms. The van der Waals surface area contributed by atoms with Crippen molar-refractivity contribution in [3.63, 3.8) is 0 Å². The summed E-state index contributed by atoms with van der Waals surface area (Å²) in [5, 5.41) is 1.10. The highest BCUT2D eigenvalue weighted by Gasteiger charge is 2.25. The Morgan fingerprint density at radius 1 is 1.07 bits per heavy atom. The maximum atomic E-state index is 5.46. The van der Waals surface area contributed by atoms with E-state index < -0.39 is 0 Å². The van der Waals surface area contributed by atoms with Gasteiger partial charge >= 0.3 is 0 Å². The second-order valence-electron chi connectivity index (χ2n) is 7.35. The molecule has 0 unspecified atom stereocenters. The molecule has 1 aromatic carbocycles. The summed E-state index contributed by atoms with van der Waals surface area (Å²) in [6, 6.07) is 6.16. The van der Waals surface area contributed by atoms with Gasteiger partial charge in [-0.05, 0) is 44.4 Å². The topological polar surface area (TPSA) is 52.4 Å². The van der Waals surface area contributed by atoms with E-state index in [1.165, 1.54) is 11.4 Å². The minimum Gasteiger partial charge on any atom is -0.493 e. The fraction of sp³-hybridized carbons (Fsp3) is 0.455. The molecular formula is C22H28N4O2. The fourth-order valence-corrected chi connectivity index (χ4v) is 4.18. The third-order valence-electron chi connectivity index (χ3n) is 5.78. The Labute approximate surface area is 166 Å². The van der Waals surface area contributed by atoms with E-state index in [0.29, 0.717) is 11.7 Å². The van der Waals surface area contributed by atoms with Gasteiger partial charge in [0.2, 0.25) is 0 Å². The predicted octanol–water partition coefficient (Wildman–Crippen LogP) is 4.16. The Bertz CT molecular complexity index is 974. The van der Waals surface area contributed by atoms with Crippen LogP contribution in [0.5, 0.6) is 11.5 Å². The Morgan fingerprint density at radius 3 is 2.46 bits per heavy atom. The quantitative estimate of drug-likeness (QED) is 0.665. The molecule has 28 heavy (non-hydrogen) atoms. The Morgan fingerprint density at radius 2 is 1.79 bits per heavy atom. The number of aromatic nitrogens is 3. The Kier molecular flexibility index (Phi) is 5.11. The van der Waals surface area contributed by atoms with E-state index in [1.807, 2.05) is 18.3 Å². The molecule has 4 rings (SSSR count). The van der Waals surface area contributed by atoms with E-state index in [2.05, 4.69) is 40.6 Å². The lowest BCUT2D eigenvalue weighted by atomic mass is 9.95. The van der Waals surface area contributed by atoms with Gasteiger partial charge < -0.3 is 18.9 Å². The van der Waals surface area contributed by atoms with Gasteiger partial charge in [0.25, 0.3) is 0 Å². The van der Waals surface area contributed by atoms with Crippen LogP contribution in [0.4, 0.5) is 5.82 Å². The average Bonchev–Trinajstić information content (AvgIpc) is 3.21. The highest BCUT2D eigenvalue weighted by atomic mass is 16.5. The monoisotopic (exact) mass is 380 g/mol. The van der Waals surface area contributed by atoms with Crippen LogP contribution in [0.3, 0.4) is 0 Å². The first-order valence-electron chi connectivity index (χ1n) is 9.94. The molecular weight excluding hydrogens is 352 g/mol. The molecule has 0 bridgehead atoms. The van der Waals surface area contributed by atoms with Gasteiger partial charge in [-0.25, -0.2) is 9.97 Å². The Balaban J connectivity index is 1.58. The van der Waals surface area contributed by atoms with Crippen molar-refractivity contribution in [1.29, 1.82) is 0 Å². The molecule has 0 radical (unpaired) electrons.